The molecule has 0 amide bonds. The van der Waals surface area contributed by atoms with E-state index in [-0.39, 0.29) is 5.78 Å². The number of hydrogen-bond acceptors (Lipinski definition) is 3. The molecule has 0 unspecified atom stereocenters. The molecule has 0 N–H and O–H groups in total. The number of unbranched alkanes of at least 4 members (excludes halogenated alkanes) is 2. The van der Waals surface area contributed by atoms with Gasteiger partial charge in [-0.05, 0) is 31.4 Å². The summed E-state index contributed by atoms with van der Waals surface area (Å²) in [6.45, 7) is 0.648. The molecule has 0 bridgehead atoms. The van der Waals surface area contributed by atoms with Crippen molar-refractivity contribution >= 4 is 5.78 Å². The number of carbonyl (C=O) groups is 1. The number of rotatable bonds is 9. The summed E-state index contributed by atoms with van der Waals surface area (Å²) in [5.41, 5.74) is 0. The number of Topliss-reactive ketones (excluding diaryl/α,β-unsaturated/α-hetero) is 1. The molecule has 0 fully saturated rings. The lowest BCUT2D eigenvalue weighted by Crippen LogP contribution is -2.01. The maximum absolute atomic E-state index is 11.4. The van der Waals surface area contributed by atoms with Gasteiger partial charge in [-0.2, -0.15) is 5.26 Å². The Kier molecular flexibility index (Phi) is 7.31. The molecule has 0 atom stereocenters. The van der Waals surface area contributed by atoms with E-state index in [0.29, 0.717) is 32.3 Å². The van der Waals surface area contributed by atoms with E-state index in [1.54, 1.807) is 0 Å². The summed E-state index contributed by atoms with van der Waals surface area (Å²) in [6.07, 6.45) is 4.05. The van der Waals surface area contributed by atoms with Gasteiger partial charge in [-0.3, -0.25) is 4.79 Å². The molecule has 0 saturated carbocycles. The van der Waals surface area contributed by atoms with E-state index in [1.807, 2.05) is 36.4 Å². The molecule has 1 rings (SSSR count). The van der Waals surface area contributed by atoms with Crippen molar-refractivity contribution in [3.05, 3.63) is 30.3 Å². The highest BCUT2D eigenvalue weighted by Crippen LogP contribution is 2.09. The van der Waals surface area contributed by atoms with Crippen LogP contribution in [0.3, 0.4) is 0 Å². The first-order valence-corrected chi connectivity index (χ1v) is 6.39. The van der Waals surface area contributed by atoms with Gasteiger partial charge in [-0.15, -0.1) is 0 Å². The minimum atomic E-state index is 0.255. The lowest BCUT2D eigenvalue weighted by Gasteiger charge is -2.05. The fraction of sp³-hybridized carbons (Fsp3) is 0.467. The van der Waals surface area contributed by atoms with Crippen molar-refractivity contribution in [1.29, 1.82) is 5.26 Å². The molecule has 0 heterocycles. The first-order valence-electron chi connectivity index (χ1n) is 6.39. The van der Waals surface area contributed by atoms with Crippen LogP contribution in [0.25, 0.3) is 0 Å². The SMILES string of the molecule is N#CCCCC(=O)CCCCOc1ccccc1. The monoisotopic (exact) mass is 245 g/mol. The fourth-order valence-corrected chi connectivity index (χ4v) is 1.62. The van der Waals surface area contributed by atoms with Crippen LogP contribution in [0, 0.1) is 11.3 Å². The molecule has 0 aliphatic carbocycles. The molecule has 18 heavy (non-hydrogen) atoms. The predicted molar refractivity (Wildman–Crippen MR) is 70.3 cm³/mol. The quantitative estimate of drug-likeness (QED) is 0.626. The average molecular weight is 245 g/mol. The highest BCUT2D eigenvalue weighted by Gasteiger charge is 2.01. The maximum Gasteiger partial charge on any atom is 0.132 e. The molecule has 3 nitrogen and oxygen atoms in total. The maximum atomic E-state index is 11.4. The van der Waals surface area contributed by atoms with Crippen LogP contribution >= 0.6 is 0 Å². The van der Waals surface area contributed by atoms with Crippen LogP contribution in [0.4, 0.5) is 0 Å². The summed E-state index contributed by atoms with van der Waals surface area (Å²) in [7, 11) is 0. The second-order valence-electron chi connectivity index (χ2n) is 4.17. The number of benzene rings is 1. The first-order chi connectivity index (χ1) is 8.83. The summed E-state index contributed by atoms with van der Waals surface area (Å²) in [5.74, 6) is 1.13. The van der Waals surface area contributed by atoms with Crippen LogP contribution in [-0.4, -0.2) is 12.4 Å². The molecule has 0 aromatic heterocycles. The van der Waals surface area contributed by atoms with Gasteiger partial charge in [0.1, 0.15) is 11.5 Å². The number of ether oxygens (including phenoxy) is 1. The number of carbonyl (C=O) groups excluding carboxylic acids is 1. The average Bonchev–Trinajstić information content (AvgIpc) is 2.40. The summed E-state index contributed by atoms with van der Waals surface area (Å²) >= 11 is 0. The number of hydrogen-bond donors (Lipinski definition) is 0. The molecule has 3 heteroatoms. The Morgan fingerprint density at radius 1 is 1.11 bits per heavy atom. The van der Waals surface area contributed by atoms with Crippen molar-refractivity contribution in [2.24, 2.45) is 0 Å². The van der Waals surface area contributed by atoms with Crippen LogP contribution in [-0.2, 0) is 4.79 Å². The normalized spacial score (nSPS) is 9.72. The third kappa shape index (κ3) is 6.70. The number of ketones is 1. The van der Waals surface area contributed by atoms with E-state index in [2.05, 4.69) is 0 Å². The molecule has 0 aliphatic rings. The summed E-state index contributed by atoms with van der Waals surface area (Å²) in [6, 6.07) is 11.7. The van der Waals surface area contributed by atoms with E-state index in [4.69, 9.17) is 10.00 Å². The highest BCUT2D eigenvalue weighted by atomic mass is 16.5. The number of para-hydroxylation sites is 1. The Hall–Kier alpha value is -1.82. The zero-order chi connectivity index (χ0) is 13.1. The Morgan fingerprint density at radius 3 is 2.56 bits per heavy atom. The molecule has 1 aromatic carbocycles. The molecule has 0 saturated heterocycles. The summed E-state index contributed by atoms with van der Waals surface area (Å²) in [4.78, 5) is 11.4. The van der Waals surface area contributed by atoms with Gasteiger partial charge in [0.25, 0.3) is 0 Å². The van der Waals surface area contributed by atoms with E-state index in [1.165, 1.54) is 0 Å². The van der Waals surface area contributed by atoms with E-state index in [9.17, 15) is 4.79 Å². The lowest BCUT2D eigenvalue weighted by molar-refractivity contribution is -0.119. The third-order valence-corrected chi connectivity index (χ3v) is 2.61. The molecule has 0 radical (unpaired) electrons. The fourth-order valence-electron chi connectivity index (χ4n) is 1.62. The van der Waals surface area contributed by atoms with E-state index >= 15 is 0 Å². The van der Waals surface area contributed by atoms with Crippen molar-refractivity contribution in [2.45, 2.75) is 38.5 Å². The molecule has 1 aromatic rings. The predicted octanol–water partition coefficient (Wildman–Crippen LogP) is 3.50. The Labute approximate surface area is 108 Å². The number of nitrogens with zero attached hydrogens (tertiary/aromatic N) is 1. The van der Waals surface area contributed by atoms with Crippen molar-refractivity contribution in [1.82, 2.24) is 0 Å². The molecular formula is C15H19NO2. The Morgan fingerprint density at radius 2 is 1.83 bits per heavy atom. The topological polar surface area (TPSA) is 50.1 Å². The van der Waals surface area contributed by atoms with Crippen LogP contribution < -0.4 is 4.74 Å². The standard InChI is InChI=1S/C15H19NO2/c16-12-6-4-8-14(17)9-5-7-13-18-15-10-2-1-3-11-15/h1-3,10-11H,4-9,13H2. The van der Waals surface area contributed by atoms with Gasteiger partial charge < -0.3 is 4.74 Å². The van der Waals surface area contributed by atoms with Gasteiger partial charge in [-0.25, -0.2) is 0 Å². The van der Waals surface area contributed by atoms with Crippen LogP contribution in [0.15, 0.2) is 30.3 Å². The van der Waals surface area contributed by atoms with Crippen LogP contribution in [0.1, 0.15) is 38.5 Å². The van der Waals surface area contributed by atoms with Gasteiger partial charge in [0, 0.05) is 19.3 Å². The molecular weight excluding hydrogens is 226 g/mol. The minimum Gasteiger partial charge on any atom is -0.494 e. The first kappa shape index (κ1) is 14.2. The minimum absolute atomic E-state index is 0.255. The van der Waals surface area contributed by atoms with Crippen molar-refractivity contribution in [2.75, 3.05) is 6.61 Å². The van der Waals surface area contributed by atoms with Crippen molar-refractivity contribution in [3.63, 3.8) is 0 Å². The van der Waals surface area contributed by atoms with Crippen LogP contribution in [0.5, 0.6) is 5.75 Å². The Balaban J connectivity index is 1.99. The smallest absolute Gasteiger partial charge is 0.132 e. The van der Waals surface area contributed by atoms with Gasteiger partial charge in [0.05, 0.1) is 12.7 Å². The highest BCUT2D eigenvalue weighted by molar-refractivity contribution is 5.78. The second-order valence-corrected chi connectivity index (χ2v) is 4.17. The third-order valence-electron chi connectivity index (χ3n) is 2.61. The number of nitriles is 1. The zero-order valence-electron chi connectivity index (χ0n) is 10.6. The van der Waals surface area contributed by atoms with Gasteiger partial charge in [0.15, 0.2) is 0 Å². The van der Waals surface area contributed by atoms with Gasteiger partial charge in [-0.1, -0.05) is 18.2 Å². The molecule has 0 aliphatic heterocycles. The Bertz CT molecular complexity index is 381. The molecule has 96 valence electrons. The largest absolute Gasteiger partial charge is 0.494 e. The van der Waals surface area contributed by atoms with Crippen molar-refractivity contribution < 1.29 is 9.53 Å². The lowest BCUT2D eigenvalue weighted by atomic mass is 10.1. The van der Waals surface area contributed by atoms with Gasteiger partial charge >= 0.3 is 0 Å². The van der Waals surface area contributed by atoms with E-state index in [0.717, 1.165) is 18.6 Å². The summed E-state index contributed by atoms with van der Waals surface area (Å²) in [5, 5.41) is 8.36. The zero-order valence-corrected chi connectivity index (χ0v) is 10.6. The second kappa shape index (κ2) is 9.23. The van der Waals surface area contributed by atoms with Gasteiger partial charge in [0.2, 0.25) is 0 Å². The summed E-state index contributed by atoms with van der Waals surface area (Å²) < 4.78 is 5.53. The van der Waals surface area contributed by atoms with Crippen molar-refractivity contribution in [3.8, 4) is 11.8 Å². The molecule has 0 spiro atoms. The van der Waals surface area contributed by atoms with E-state index < -0.39 is 0 Å². The van der Waals surface area contributed by atoms with Crippen LogP contribution in [0.2, 0.25) is 0 Å².